The summed E-state index contributed by atoms with van der Waals surface area (Å²) in [5.74, 6) is -1.26. The van der Waals surface area contributed by atoms with E-state index in [2.05, 4.69) is 10.4 Å². The first-order valence-corrected chi connectivity index (χ1v) is 10.5. The minimum atomic E-state index is -0.688. The molecular formula is C24H21N5O5. The molecule has 0 aliphatic carbocycles. The molecule has 1 N–H and O–H groups in total. The highest BCUT2D eigenvalue weighted by Crippen LogP contribution is 2.27. The number of benzene rings is 2. The molecule has 2 aromatic heterocycles. The third kappa shape index (κ3) is 4.75. The van der Waals surface area contributed by atoms with Crippen LogP contribution in [0, 0.1) is 10.1 Å². The zero-order valence-electron chi connectivity index (χ0n) is 18.5. The summed E-state index contributed by atoms with van der Waals surface area (Å²) in [5.41, 5.74) is 2.45. The molecule has 4 aromatic rings. The van der Waals surface area contributed by atoms with Crippen molar-refractivity contribution in [3.8, 4) is 11.3 Å². The Morgan fingerprint density at radius 3 is 2.47 bits per heavy atom. The van der Waals surface area contributed by atoms with Gasteiger partial charge in [0.2, 0.25) is 0 Å². The van der Waals surface area contributed by atoms with E-state index < -0.39 is 23.4 Å². The largest absolute Gasteiger partial charge is 0.452 e. The van der Waals surface area contributed by atoms with Crippen molar-refractivity contribution in [2.45, 2.75) is 19.9 Å². The molecule has 0 bridgehead atoms. The lowest BCUT2D eigenvalue weighted by molar-refractivity contribution is -0.384. The molecule has 0 atom stereocenters. The number of esters is 1. The molecule has 4 rings (SSSR count). The number of hydrogen-bond acceptors (Lipinski definition) is 7. The van der Waals surface area contributed by atoms with Gasteiger partial charge >= 0.3 is 5.97 Å². The van der Waals surface area contributed by atoms with Crippen molar-refractivity contribution in [2.24, 2.45) is 0 Å². The lowest BCUT2D eigenvalue weighted by atomic mass is 10.1. The number of fused-ring (bicyclic) bond motifs is 1. The highest BCUT2D eigenvalue weighted by molar-refractivity contribution is 6.04. The summed E-state index contributed by atoms with van der Waals surface area (Å²) in [6, 6.07) is 16.4. The number of carbonyl (C=O) groups excluding carboxylic acids is 2. The lowest BCUT2D eigenvalue weighted by Crippen LogP contribution is -2.21. The summed E-state index contributed by atoms with van der Waals surface area (Å²) < 4.78 is 6.99. The van der Waals surface area contributed by atoms with Crippen molar-refractivity contribution in [2.75, 3.05) is 11.9 Å². The van der Waals surface area contributed by atoms with E-state index in [1.165, 1.54) is 24.3 Å². The van der Waals surface area contributed by atoms with Crippen LogP contribution in [0.25, 0.3) is 22.3 Å². The van der Waals surface area contributed by atoms with Crippen molar-refractivity contribution in [1.82, 2.24) is 14.8 Å². The highest BCUT2D eigenvalue weighted by atomic mass is 16.6. The number of ether oxygens (including phenoxy) is 1. The number of nitro benzene ring substituents is 1. The van der Waals surface area contributed by atoms with E-state index in [0.717, 1.165) is 5.56 Å². The number of aromatic nitrogens is 3. The van der Waals surface area contributed by atoms with Gasteiger partial charge in [-0.25, -0.2) is 14.5 Å². The minimum absolute atomic E-state index is 0.0207. The maximum atomic E-state index is 13.0. The van der Waals surface area contributed by atoms with Gasteiger partial charge in [0.05, 0.1) is 27.8 Å². The molecule has 0 fully saturated rings. The molecule has 0 unspecified atom stereocenters. The van der Waals surface area contributed by atoms with E-state index in [4.69, 9.17) is 9.72 Å². The van der Waals surface area contributed by atoms with Crippen LogP contribution < -0.4 is 5.32 Å². The Bertz CT molecular complexity index is 1360. The first kappa shape index (κ1) is 22.6. The van der Waals surface area contributed by atoms with Gasteiger partial charge in [0.1, 0.15) is 0 Å². The first-order chi connectivity index (χ1) is 16.3. The SMILES string of the molecule is CC(C)n1ncc2c(C(=O)OCC(=O)Nc3ccc([N+](=O)[O-])cc3)cc(-c3ccccc3)nc21. The average Bonchev–Trinajstić information content (AvgIpc) is 3.27. The van der Waals surface area contributed by atoms with Crippen molar-refractivity contribution in [3.05, 3.63) is 82.5 Å². The Labute approximate surface area is 194 Å². The lowest BCUT2D eigenvalue weighted by Gasteiger charge is -2.11. The molecule has 2 heterocycles. The second-order valence-corrected chi connectivity index (χ2v) is 7.77. The molecule has 0 spiro atoms. The Kier molecular flexibility index (Phi) is 6.30. The van der Waals surface area contributed by atoms with Crippen molar-refractivity contribution in [1.29, 1.82) is 0 Å². The number of nitro groups is 1. The van der Waals surface area contributed by atoms with Crippen LogP contribution in [0.4, 0.5) is 11.4 Å². The van der Waals surface area contributed by atoms with E-state index in [0.29, 0.717) is 22.4 Å². The fourth-order valence-electron chi connectivity index (χ4n) is 3.39. The van der Waals surface area contributed by atoms with Gasteiger partial charge in [0.25, 0.3) is 11.6 Å². The van der Waals surface area contributed by atoms with Crippen LogP contribution in [-0.2, 0) is 9.53 Å². The summed E-state index contributed by atoms with van der Waals surface area (Å²) in [4.78, 5) is 40.1. The number of rotatable bonds is 7. The number of nitrogens with one attached hydrogen (secondary N) is 1. The van der Waals surface area contributed by atoms with Gasteiger partial charge in [-0.3, -0.25) is 14.9 Å². The smallest absolute Gasteiger partial charge is 0.339 e. The molecule has 0 radical (unpaired) electrons. The number of amides is 1. The zero-order valence-corrected chi connectivity index (χ0v) is 18.5. The van der Waals surface area contributed by atoms with Gasteiger partial charge in [0.15, 0.2) is 12.3 Å². The Balaban J connectivity index is 1.55. The number of nitrogens with zero attached hydrogens (tertiary/aromatic N) is 4. The van der Waals surface area contributed by atoms with E-state index in [-0.39, 0.29) is 17.3 Å². The maximum Gasteiger partial charge on any atom is 0.339 e. The van der Waals surface area contributed by atoms with Crippen LogP contribution in [0.2, 0.25) is 0 Å². The van der Waals surface area contributed by atoms with Crippen LogP contribution >= 0.6 is 0 Å². The summed E-state index contributed by atoms with van der Waals surface area (Å²) in [7, 11) is 0. The first-order valence-electron chi connectivity index (χ1n) is 10.5. The molecular weight excluding hydrogens is 438 g/mol. The molecule has 0 aliphatic heterocycles. The van der Waals surface area contributed by atoms with Gasteiger partial charge < -0.3 is 10.1 Å². The topological polar surface area (TPSA) is 129 Å². The van der Waals surface area contributed by atoms with Gasteiger partial charge in [-0.1, -0.05) is 30.3 Å². The zero-order chi connectivity index (χ0) is 24.2. The molecule has 10 nitrogen and oxygen atoms in total. The quantitative estimate of drug-likeness (QED) is 0.247. The second-order valence-electron chi connectivity index (χ2n) is 7.77. The summed E-state index contributed by atoms with van der Waals surface area (Å²) >= 11 is 0. The third-order valence-electron chi connectivity index (χ3n) is 5.04. The maximum absolute atomic E-state index is 13.0. The fourth-order valence-corrected chi connectivity index (χ4v) is 3.39. The van der Waals surface area contributed by atoms with Crippen molar-refractivity contribution in [3.63, 3.8) is 0 Å². The molecule has 10 heteroatoms. The standard InChI is InChI=1S/C24H21N5O5/c1-15(2)28-23-20(13-25-28)19(12-21(27-23)16-6-4-3-5-7-16)24(31)34-14-22(30)26-17-8-10-18(11-9-17)29(32)33/h3-13,15H,14H2,1-2H3,(H,26,30). The normalized spacial score (nSPS) is 10.9. The van der Waals surface area contributed by atoms with E-state index in [9.17, 15) is 19.7 Å². The summed E-state index contributed by atoms with van der Waals surface area (Å²) in [5, 5.41) is 18.2. The number of carbonyl (C=O) groups is 2. The molecule has 172 valence electrons. The predicted molar refractivity (Wildman–Crippen MR) is 125 cm³/mol. The number of anilines is 1. The molecule has 0 saturated heterocycles. The van der Waals surface area contributed by atoms with Crippen LogP contribution in [0.15, 0.2) is 66.9 Å². The summed E-state index contributed by atoms with van der Waals surface area (Å²) in [6.07, 6.45) is 1.56. The van der Waals surface area contributed by atoms with Gasteiger partial charge in [-0.15, -0.1) is 0 Å². The molecule has 34 heavy (non-hydrogen) atoms. The van der Waals surface area contributed by atoms with Gasteiger partial charge in [-0.2, -0.15) is 5.10 Å². The number of hydrogen-bond donors (Lipinski definition) is 1. The Hall–Kier alpha value is -4.60. The second kappa shape index (κ2) is 9.49. The average molecular weight is 459 g/mol. The van der Waals surface area contributed by atoms with Crippen molar-refractivity contribution >= 4 is 34.3 Å². The van der Waals surface area contributed by atoms with Crippen LogP contribution in [-0.4, -0.2) is 38.2 Å². The van der Waals surface area contributed by atoms with Crippen LogP contribution in [0.3, 0.4) is 0 Å². The predicted octanol–water partition coefficient (Wildman–Crippen LogP) is 4.38. The molecule has 1 amide bonds. The number of non-ortho nitro benzene ring substituents is 1. The summed E-state index contributed by atoms with van der Waals surface area (Å²) in [6.45, 7) is 3.40. The molecule has 0 aliphatic rings. The monoisotopic (exact) mass is 459 g/mol. The molecule has 2 aromatic carbocycles. The Morgan fingerprint density at radius 2 is 1.82 bits per heavy atom. The van der Waals surface area contributed by atoms with Gasteiger partial charge in [0, 0.05) is 29.4 Å². The molecule has 0 saturated carbocycles. The van der Waals surface area contributed by atoms with Crippen LogP contribution in [0.5, 0.6) is 0 Å². The highest BCUT2D eigenvalue weighted by Gasteiger charge is 2.20. The van der Waals surface area contributed by atoms with Crippen LogP contribution in [0.1, 0.15) is 30.2 Å². The van der Waals surface area contributed by atoms with Crippen molar-refractivity contribution < 1.29 is 19.2 Å². The Morgan fingerprint density at radius 1 is 1.12 bits per heavy atom. The number of pyridine rings is 1. The minimum Gasteiger partial charge on any atom is -0.452 e. The van der Waals surface area contributed by atoms with Gasteiger partial charge in [-0.05, 0) is 32.0 Å². The fraction of sp³-hybridized carbons (Fsp3) is 0.167. The van der Waals surface area contributed by atoms with E-state index in [1.54, 1.807) is 16.9 Å². The van der Waals surface area contributed by atoms with E-state index >= 15 is 0 Å². The van der Waals surface area contributed by atoms with E-state index in [1.807, 2.05) is 44.2 Å². The third-order valence-corrected chi connectivity index (χ3v) is 5.04.